The Hall–Kier alpha value is -2.85. The molecule has 1 fully saturated rings. The number of halogens is 1. The second-order valence-electron chi connectivity index (χ2n) is 6.19. The van der Waals surface area contributed by atoms with Gasteiger partial charge < -0.3 is 4.90 Å². The Labute approximate surface area is 163 Å². The molecule has 3 rings (SSSR count). The summed E-state index contributed by atoms with van der Waals surface area (Å²) in [5.74, 6) is 5.11. The van der Waals surface area contributed by atoms with Gasteiger partial charge in [-0.3, -0.25) is 24.3 Å². The van der Waals surface area contributed by atoms with Gasteiger partial charge in [0.25, 0.3) is 5.91 Å². The number of amides is 3. The Kier molecular flexibility index (Phi) is 6.32. The van der Waals surface area contributed by atoms with Gasteiger partial charge in [-0.15, -0.1) is 0 Å². The molecule has 0 radical (unpaired) electrons. The van der Waals surface area contributed by atoms with Crippen molar-refractivity contribution < 1.29 is 18.2 Å². The molecule has 148 valence electrons. The molecule has 2 heterocycles. The van der Waals surface area contributed by atoms with E-state index in [1.807, 2.05) is 5.43 Å². The van der Waals surface area contributed by atoms with Crippen molar-refractivity contribution in [1.82, 2.24) is 15.3 Å². The molecular formula is C18H20FN5O3S. The van der Waals surface area contributed by atoms with E-state index in [4.69, 9.17) is 5.84 Å². The molecule has 1 aromatic carbocycles. The lowest BCUT2D eigenvalue weighted by molar-refractivity contribution is 0.0953. The van der Waals surface area contributed by atoms with E-state index in [2.05, 4.69) is 4.98 Å². The third-order valence-electron chi connectivity index (χ3n) is 4.36. The van der Waals surface area contributed by atoms with Crippen LogP contribution in [-0.2, 0) is 17.3 Å². The second-order valence-corrected chi connectivity index (χ2v) is 7.89. The number of carbonyl (C=O) groups excluding carboxylic acids is 2. The number of hydrogen-bond donors (Lipinski definition) is 2. The van der Waals surface area contributed by atoms with Crippen LogP contribution in [0.4, 0.5) is 14.9 Å². The van der Waals surface area contributed by atoms with E-state index >= 15 is 0 Å². The maximum absolute atomic E-state index is 13.3. The quantitative estimate of drug-likeness (QED) is 0.448. The van der Waals surface area contributed by atoms with Gasteiger partial charge in [0.05, 0.1) is 17.8 Å². The van der Waals surface area contributed by atoms with Crippen LogP contribution in [0.1, 0.15) is 16.1 Å². The predicted octanol–water partition coefficient (Wildman–Crippen LogP) is 1.02. The minimum absolute atomic E-state index is 0.134. The number of anilines is 1. The summed E-state index contributed by atoms with van der Waals surface area (Å²) in [6, 6.07) is 8.51. The highest BCUT2D eigenvalue weighted by molar-refractivity contribution is 7.85. The number of rotatable bonds is 4. The normalized spacial score (nSPS) is 14.6. The second kappa shape index (κ2) is 8.89. The molecule has 0 aliphatic carbocycles. The van der Waals surface area contributed by atoms with Crippen LogP contribution in [0.5, 0.6) is 0 Å². The van der Waals surface area contributed by atoms with Crippen molar-refractivity contribution in [3.05, 3.63) is 59.7 Å². The summed E-state index contributed by atoms with van der Waals surface area (Å²) in [7, 11) is -0.907. The number of urea groups is 1. The number of hydrazine groups is 1. The maximum atomic E-state index is 13.3. The van der Waals surface area contributed by atoms with E-state index in [9.17, 15) is 18.2 Å². The zero-order chi connectivity index (χ0) is 20.1. The molecule has 10 heteroatoms. The molecule has 28 heavy (non-hydrogen) atoms. The monoisotopic (exact) mass is 405 g/mol. The first kappa shape index (κ1) is 19.9. The standard InChI is InChI=1S/C18H20FN5O3S/c19-14-2-5-16(6-3-14)24(18(26)23-7-9-28(27)10-8-23)12-15-4-1-13(11-21-15)17(25)22-20/h1-6,11H,7-10,12,20H2,(H,22,25). The first-order valence-corrected chi connectivity index (χ1v) is 10.1. The summed E-state index contributed by atoms with van der Waals surface area (Å²) in [5.41, 5.74) is 3.39. The van der Waals surface area contributed by atoms with Gasteiger partial charge in [0.2, 0.25) is 0 Å². The van der Waals surface area contributed by atoms with Crippen LogP contribution >= 0.6 is 0 Å². The van der Waals surface area contributed by atoms with Gasteiger partial charge in [-0.25, -0.2) is 15.0 Å². The van der Waals surface area contributed by atoms with E-state index in [-0.39, 0.29) is 12.6 Å². The van der Waals surface area contributed by atoms with E-state index < -0.39 is 22.5 Å². The highest BCUT2D eigenvalue weighted by Gasteiger charge is 2.26. The Morgan fingerprint density at radius 2 is 1.86 bits per heavy atom. The smallest absolute Gasteiger partial charge is 0.323 e. The number of pyridine rings is 1. The van der Waals surface area contributed by atoms with Crippen molar-refractivity contribution in [2.75, 3.05) is 29.5 Å². The summed E-state index contributed by atoms with van der Waals surface area (Å²) in [6.45, 7) is 0.924. The number of nitrogen functional groups attached to an aromatic ring is 1. The number of aromatic nitrogens is 1. The topological polar surface area (TPSA) is 109 Å². The fourth-order valence-corrected chi connectivity index (χ4v) is 3.84. The SMILES string of the molecule is NNC(=O)c1ccc(CN(C(=O)N2CCS(=O)CC2)c2ccc(F)cc2)nc1. The van der Waals surface area contributed by atoms with Crippen LogP contribution in [0.2, 0.25) is 0 Å². The van der Waals surface area contributed by atoms with Crippen LogP contribution in [0.15, 0.2) is 42.6 Å². The maximum Gasteiger partial charge on any atom is 0.324 e. The Bertz CT molecular complexity index is 866. The lowest BCUT2D eigenvalue weighted by atomic mass is 10.2. The highest BCUT2D eigenvalue weighted by atomic mass is 32.2. The molecule has 1 aliphatic heterocycles. The molecule has 8 nitrogen and oxygen atoms in total. The van der Waals surface area contributed by atoms with Gasteiger partial charge >= 0.3 is 6.03 Å². The molecule has 3 N–H and O–H groups in total. The molecule has 1 aromatic heterocycles. The number of nitrogens with two attached hydrogens (primary N) is 1. The summed E-state index contributed by atoms with van der Waals surface area (Å²) in [6.07, 6.45) is 1.37. The van der Waals surface area contributed by atoms with E-state index in [0.717, 1.165) is 0 Å². The van der Waals surface area contributed by atoms with Crippen molar-refractivity contribution in [1.29, 1.82) is 0 Å². The first-order chi connectivity index (χ1) is 13.5. The van der Waals surface area contributed by atoms with Crippen LogP contribution in [-0.4, -0.2) is 50.6 Å². The summed E-state index contributed by atoms with van der Waals surface area (Å²) < 4.78 is 24.9. The van der Waals surface area contributed by atoms with Gasteiger partial charge in [-0.2, -0.15) is 0 Å². The zero-order valence-corrected chi connectivity index (χ0v) is 15.8. The van der Waals surface area contributed by atoms with Crippen molar-refractivity contribution >= 4 is 28.4 Å². The molecule has 2 aromatic rings. The van der Waals surface area contributed by atoms with Crippen LogP contribution in [0.3, 0.4) is 0 Å². The number of nitrogens with zero attached hydrogens (tertiary/aromatic N) is 3. The molecule has 0 saturated carbocycles. The summed E-state index contributed by atoms with van der Waals surface area (Å²) in [4.78, 5) is 31.9. The molecule has 1 saturated heterocycles. The summed E-state index contributed by atoms with van der Waals surface area (Å²) >= 11 is 0. The van der Waals surface area contributed by atoms with E-state index in [1.54, 1.807) is 17.0 Å². The van der Waals surface area contributed by atoms with E-state index in [0.29, 0.717) is 41.5 Å². The molecule has 0 spiro atoms. The van der Waals surface area contributed by atoms with E-state index in [1.165, 1.54) is 35.4 Å². The lowest BCUT2D eigenvalue weighted by Gasteiger charge is -2.32. The predicted molar refractivity (Wildman–Crippen MR) is 103 cm³/mol. The molecule has 1 aliphatic rings. The average molecular weight is 405 g/mol. The van der Waals surface area contributed by atoms with Crippen LogP contribution < -0.4 is 16.2 Å². The summed E-state index contributed by atoms with van der Waals surface area (Å²) in [5, 5.41) is 0. The molecule has 0 atom stereocenters. The number of nitrogens with one attached hydrogen (secondary N) is 1. The van der Waals surface area contributed by atoms with Gasteiger partial charge in [-0.05, 0) is 36.4 Å². The third kappa shape index (κ3) is 4.70. The highest BCUT2D eigenvalue weighted by Crippen LogP contribution is 2.20. The number of hydrogen-bond acceptors (Lipinski definition) is 5. The fourth-order valence-electron chi connectivity index (χ4n) is 2.79. The Morgan fingerprint density at radius 3 is 2.43 bits per heavy atom. The lowest BCUT2D eigenvalue weighted by Crippen LogP contribution is -2.48. The Morgan fingerprint density at radius 1 is 1.18 bits per heavy atom. The van der Waals surface area contributed by atoms with Crippen molar-refractivity contribution in [2.24, 2.45) is 5.84 Å². The minimum Gasteiger partial charge on any atom is -0.323 e. The molecular weight excluding hydrogens is 385 g/mol. The fraction of sp³-hybridized carbons (Fsp3) is 0.278. The van der Waals surface area contributed by atoms with Gasteiger partial charge in [0.1, 0.15) is 5.82 Å². The van der Waals surface area contributed by atoms with Crippen molar-refractivity contribution in [3.8, 4) is 0 Å². The zero-order valence-electron chi connectivity index (χ0n) is 15.0. The molecule has 3 amide bonds. The Balaban J connectivity index is 1.83. The van der Waals surface area contributed by atoms with Crippen molar-refractivity contribution in [2.45, 2.75) is 6.54 Å². The average Bonchev–Trinajstić information content (AvgIpc) is 2.73. The first-order valence-electron chi connectivity index (χ1n) is 8.61. The number of benzene rings is 1. The van der Waals surface area contributed by atoms with Crippen LogP contribution in [0.25, 0.3) is 0 Å². The molecule has 0 bridgehead atoms. The van der Waals surface area contributed by atoms with Gasteiger partial charge in [-0.1, -0.05) is 0 Å². The van der Waals surface area contributed by atoms with Crippen LogP contribution in [0, 0.1) is 5.82 Å². The van der Waals surface area contributed by atoms with Gasteiger partial charge in [0.15, 0.2) is 0 Å². The molecule has 0 unspecified atom stereocenters. The number of carbonyl (C=O) groups is 2. The third-order valence-corrected chi connectivity index (χ3v) is 5.63. The van der Waals surface area contributed by atoms with Crippen molar-refractivity contribution in [3.63, 3.8) is 0 Å². The van der Waals surface area contributed by atoms with Gasteiger partial charge in [0, 0.05) is 47.3 Å². The minimum atomic E-state index is -0.907. The largest absolute Gasteiger partial charge is 0.324 e.